The number of benzene rings is 1. The number of non-ortho nitro benzene ring substituents is 1. The molecule has 1 aromatic heterocycles. The van der Waals surface area contributed by atoms with E-state index in [9.17, 15) is 15.2 Å². The number of rotatable bonds is 7. The number of aliphatic hydroxyl groups excluding tert-OH is 1. The van der Waals surface area contributed by atoms with E-state index in [0.717, 1.165) is 0 Å². The molecule has 1 heterocycles. The number of aliphatic hydroxyl groups is 1. The maximum atomic E-state index is 10.8. The maximum Gasteiger partial charge on any atom is 0.269 e. The van der Waals surface area contributed by atoms with E-state index in [1.165, 1.54) is 12.1 Å². The van der Waals surface area contributed by atoms with Gasteiger partial charge in [0.1, 0.15) is 0 Å². The highest BCUT2D eigenvalue weighted by atomic mass is 16.6. The predicted molar refractivity (Wildman–Crippen MR) is 82.7 cm³/mol. The van der Waals surface area contributed by atoms with Gasteiger partial charge in [0.15, 0.2) is 5.82 Å². The third-order valence-electron chi connectivity index (χ3n) is 3.47. The quantitative estimate of drug-likeness (QED) is 0.594. The second kappa shape index (κ2) is 7.30. The number of nitro benzene ring substituents is 1. The Balaban J connectivity index is 2.05. The molecule has 2 atom stereocenters. The minimum Gasteiger partial charge on any atom is -0.387 e. The molecule has 0 saturated carbocycles. The molecule has 2 rings (SSSR count). The van der Waals surface area contributed by atoms with Crippen LogP contribution in [0.3, 0.4) is 0 Å². The number of nitrogens with one attached hydrogen (secondary N) is 1. The molecule has 124 valence electrons. The Kier molecular flexibility index (Phi) is 5.41. The summed E-state index contributed by atoms with van der Waals surface area (Å²) in [4.78, 5) is 14.5. The highest BCUT2D eigenvalue weighted by Gasteiger charge is 2.23. The lowest BCUT2D eigenvalue weighted by Crippen LogP contribution is -2.30. The number of nitrogens with zero attached hydrogens (tertiary/aromatic N) is 3. The van der Waals surface area contributed by atoms with Crippen molar-refractivity contribution in [3.8, 4) is 0 Å². The molecule has 8 heteroatoms. The highest BCUT2D eigenvalue weighted by molar-refractivity contribution is 5.35. The molecular weight excluding hydrogens is 300 g/mol. The molecule has 0 saturated heterocycles. The molecule has 0 bridgehead atoms. The van der Waals surface area contributed by atoms with Crippen molar-refractivity contribution in [2.75, 3.05) is 6.54 Å². The molecule has 0 aliphatic rings. The summed E-state index contributed by atoms with van der Waals surface area (Å²) >= 11 is 0. The van der Waals surface area contributed by atoms with Gasteiger partial charge in [-0.3, -0.25) is 10.1 Å². The number of aromatic nitrogens is 2. The van der Waals surface area contributed by atoms with E-state index >= 15 is 0 Å². The van der Waals surface area contributed by atoms with Crippen molar-refractivity contribution >= 4 is 5.69 Å². The molecular formula is C15H20N4O4. The standard InChI is InChI=1S/C15H20N4O4/c1-9(2)14(15-17-10(3)18-23-15)16-8-13(20)11-5-4-6-12(7-11)19(21)22/h4-7,9,13-14,16,20H,8H2,1-3H3. The van der Waals surface area contributed by atoms with Gasteiger partial charge in [-0.1, -0.05) is 31.1 Å². The summed E-state index contributed by atoms with van der Waals surface area (Å²) in [6.07, 6.45) is -0.875. The van der Waals surface area contributed by atoms with Crippen LogP contribution in [0.25, 0.3) is 0 Å². The number of hydrogen-bond acceptors (Lipinski definition) is 7. The summed E-state index contributed by atoms with van der Waals surface area (Å²) in [7, 11) is 0. The fraction of sp³-hybridized carbons (Fsp3) is 0.467. The van der Waals surface area contributed by atoms with Gasteiger partial charge in [-0.15, -0.1) is 0 Å². The van der Waals surface area contributed by atoms with Crippen LogP contribution in [0.1, 0.15) is 43.3 Å². The van der Waals surface area contributed by atoms with Crippen molar-refractivity contribution < 1.29 is 14.6 Å². The molecule has 2 aromatic rings. The van der Waals surface area contributed by atoms with Crippen LogP contribution >= 0.6 is 0 Å². The summed E-state index contributed by atoms with van der Waals surface area (Å²) in [6.45, 7) is 5.95. The zero-order chi connectivity index (χ0) is 17.0. The molecule has 23 heavy (non-hydrogen) atoms. The van der Waals surface area contributed by atoms with Gasteiger partial charge in [-0.2, -0.15) is 4.98 Å². The van der Waals surface area contributed by atoms with Gasteiger partial charge >= 0.3 is 0 Å². The maximum absolute atomic E-state index is 10.8. The third kappa shape index (κ3) is 4.33. The van der Waals surface area contributed by atoms with Crippen LogP contribution in [0.15, 0.2) is 28.8 Å². The van der Waals surface area contributed by atoms with Crippen LogP contribution in [0.2, 0.25) is 0 Å². The molecule has 8 nitrogen and oxygen atoms in total. The van der Waals surface area contributed by atoms with Gasteiger partial charge in [0.25, 0.3) is 5.69 Å². The van der Waals surface area contributed by atoms with Gasteiger partial charge in [-0.25, -0.2) is 0 Å². The largest absolute Gasteiger partial charge is 0.387 e. The van der Waals surface area contributed by atoms with Gasteiger partial charge < -0.3 is 14.9 Å². The Bertz CT molecular complexity index is 671. The first kappa shape index (κ1) is 17.0. The predicted octanol–water partition coefficient (Wildman–Crippen LogP) is 2.31. The van der Waals surface area contributed by atoms with E-state index in [1.807, 2.05) is 13.8 Å². The van der Waals surface area contributed by atoms with Crippen LogP contribution in [0, 0.1) is 23.0 Å². The van der Waals surface area contributed by atoms with Crippen LogP contribution in [0.5, 0.6) is 0 Å². The lowest BCUT2D eigenvalue weighted by atomic mass is 10.0. The second-order valence-electron chi connectivity index (χ2n) is 5.68. The Labute approximate surface area is 133 Å². The van der Waals surface area contributed by atoms with Crippen molar-refractivity contribution in [2.45, 2.75) is 32.9 Å². The van der Waals surface area contributed by atoms with E-state index in [1.54, 1.807) is 19.1 Å². The minimum absolute atomic E-state index is 0.0468. The van der Waals surface area contributed by atoms with E-state index in [2.05, 4.69) is 15.5 Å². The fourth-order valence-corrected chi connectivity index (χ4v) is 2.25. The Morgan fingerprint density at radius 2 is 2.17 bits per heavy atom. The summed E-state index contributed by atoms with van der Waals surface area (Å²) in [5.74, 6) is 1.18. The zero-order valence-corrected chi connectivity index (χ0v) is 13.3. The molecule has 1 aromatic carbocycles. The van der Waals surface area contributed by atoms with Gasteiger partial charge in [0, 0.05) is 18.7 Å². The van der Waals surface area contributed by atoms with Gasteiger partial charge in [0.05, 0.1) is 17.1 Å². The molecule has 0 amide bonds. The number of nitro groups is 1. The molecule has 0 spiro atoms. The number of hydrogen-bond donors (Lipinski definition) is 2. The third-order valence-corrected chi connectivity index (χ3v) is 3.47. The minimum atomic E-state index is -0.875. The summed E-state index contributed by atoms with van der Waals surface area (Å²) in [5, 5.41) is 28.0. The molecule has 0 aliphatic carbocycles. The Morgan fingerprint density at radius 1 is 1.43 bits per heavy atom. The molecule has 0 fully saturated rings. The first-order chi connectivity index (χ1) is 10.9. The van der Waals surface area contributed by atoms with E-state index in [-0.39, 0.29) is 24.2 Å². The fourth-order valence-electron chi connectivity index (χ4n) is 2.25. The Morgan fingerprint density at radius 3 is 2.74 bits per heavy atom. The van der Waals surface area contributed by atoms with Crippen molar-refractivity contribution in [1.29, 1.82) is 0 Å². The average Bonchev–Trinajstić information content (AvgIpc) is 2.93. The molecule has 0 aliphatic heterocycles. The second-order valence-corrected chi connectivity index (χ2v) is 5.68. The summed E-state index contributed by atoms with van der Waals surface area (Å²) in [5.41, 5.74) is 0.436. The number of aryl methyl sites for hydroxylation is 1. The van der Waals surface area contributed by atoms with Gasteiger partial charge in [-0.05, 0) is 18.4 Å². The lowest BCUT2D eigenvalue weighted by molar-refractivity contribution is -0.385. The molecule has 0 radical (unpaired) electrons. The first-order valence-electron chi connectivity index (χ1n) is 7.34. The van der Waals surface area contributed by atoms with Gasteiger partial charge in [0.2, 0.25) is 5.89 Å². The van der Waals surface area contributed by atoms with Crippen LogP contribution < -0.4 is 5.32 Å². The van der Waals surface area contributed by atoms with E-state index in [0.29, 0.717) is 17.3 Å². The highest BCUT2D eigenvalue weighted by Crippen LogP contribution is 2.23. The SMILES string of the molecule is Cc1noc(C(NCC(O)c2cccc([N+](=O)[O-])c2)C(C)C)n1. The van der Waals surface area contributed by atoms with E-state index in [4.69, 9.17) is 4.52 Å². The molecule has 2 N–H and O–H groups in total. The summed E-state index contributed by atoms with van der Waals surface area (Å²) in [6, 6.07) is 5.76. The lowest BCUT2D eigenvalue weighted by Gasteiger charge is -2.20. The van der Waals surface area contributed by atoms with E-state index < -0.39 is 11.0 Å². The monoisotopic (exact) mass is 320 g/mol. The van der Waals surface area contributed by atoms with Crippen molar-refractivity contribution in [3.05, 3.63) is 51.7 Å². The van der Waals surface area contributed by atoms with Crippen molar-refractivity contribution in [2.24, 2.45) is 5.92 Å². The van der Waals surface area contributed by atoms with Crippen molar-refractivity contribution in [1.82, 2.24) is 15.5 Å². The van der Waals surface area contributed by atoms with Crippen LogP contribution in [-0.4, -0.2) is 26.7 Å². The Hall–Kier alpha value is -2.32. The topological polar surface area (TPSA) is 114 Å². The normalized spacial score (nSPS) is 14.0. The first-order valence-corrected chi connectivity index (χ1v) is 7.34. The van der Waals surface area contributed by atoms with Crippen LogP contribution in [-0.2, 0) is 0 Å². The summed E-state index contributed by atoms with van der Waals surface area (Å²) < 4.78 is 5.18. The zero-order valence-electron chi connectivity index (χ0n) is 13.3. The van der Waals surface area contributed by atoms with Crippen LogP contribution in [0.4, 0.5) is 5.69 Å². The van der Waals surface area contributed by atoms with Crippen molar-refractivity contribution in [3.63, 3.8) is 0 Å². The average molecular weight is 320 g/mol. The molecule has 2 unspecified atom stereocenters. The smallest absolute Gasteiger partial charge is 0.269 e.